The van der Waals surface area contributed by atoms with Crippen molar-refractivity contribution in [2.24, 2.45) is 0 Å². The lowest BCUT2D eigenvalue weighted by Crippen LogP contribution is -2.47. The zero-order chi connectivity index (χ0) is 16.6. The van der Waals surface area contributed by atoms with Gasteiger partial charge >= 0.3 is 0 Å². The third-order valence-electron chi connectivity index (χ3n) is 3.74. The monoisotopic (exact) mass is 352 g/mol. The fourth-order valence-corrected chi connectivity index (χ4v) is 4.70. The number of anilines is 1. The van der Waals surface area contributed by atoms with Crippen molar-refractivity contribution in [1.29, 1.82) is 0 Å². The number of amides is 1. The molecule has 2 aromatic carbocycles. The Morgan fingerprint density at radius 1 is 1.13 bits per heavy atom. The summed E-state index contributed by atoms with van der Waals surface area (Å²) in [6.07, 6.45) is 0. The van der Waals surface area contributed by atoms with Gasteiger partial charge in [0.25, 0.3) is 5.91 Å². The molecular formula is C15H13ClN2O4S. The van der Waals surface area contributed by atoms with Crippen LogP contribution in [-0.4, -0.2) is 24.8 Å². The quantitative estimate of drug-likeness (QED) is 0.568. The van der Waals surface area contributed by atoms with Gasteiger partial charge < -0.3 is 5.32 Å². The van der Waals surface area contributed by atoms with Crippen molar-refractivity contribution < 1.29 is 18.4 Å². The van der Waals surface area contributed by atoms with Gasteiger partial charge in [-0.15, -0.1) is 0 Å². The van der Waals surface area contributed by atoms with Crippen LogP contribution in [0.1, 0.15) is 11.6 Å². The molecule has 0 fully saturated rings. The largest absolute Gasteiger partial charge is 0.375 e. The van der Waals surface area contributed by atoms with Crippen LogP contribution in [0.15, 0.2) is 53.4 Å². The number of hydrogen-bond donors (Lipinski definition) is 3. The summed E-state index contributed by atoms with van der Waals surface area (Å²) < 4.78 is 25.6. The van der Waals surface area contributed by atoms with E-state index in [-0.39, 0.29) is 4.90 Å². The number of halogens is 1. The van der Waals surface area contributed by atoms with Crippen molar-refractivity contribution in [1.82, 2.24) is 5.48 Å². The van der Waals surface area contributed by atoms with Gasteiger partial charge in [0.05, 0.1) is 16.6 Å². The zero-order valence-corrected chi connectivity index (χ0v) is 13.3. The smallest absolute Gasteiger partial charge is 0.264 e. The molecule has 23 heavy (non-hydrogen) atoms. The highest BCUT2D eigenvalue weighted by atomic mass is 35.5. The molecule has 0 aromatic heterocycles. The number of carbonyl (C=O) groups is 1. The normalized spacial score (nSPS) is 21.8. The fourth-order valence-electron chi connectivity index (χ4n) is 2.68. The van der Waals surface area contributed by atoms with Crippen LogP contribution in [0.5, 0.6) is 0 Å². The van der Waals surface area contributed by atoms with Gasteiger partial charge in [0, 0.05) is 5.02 Å². The van der Waals surface area contributed by atoms with E-state index in [0.717, 1.165) is 0 Å². The predicted octanol–water partition coefficient (Wildman–Crippen LogP) is 2.15. The Morgan fingerprint density at radius 2 is 1.78 bits per heavy atom. The number of para-hydroxylation sites is 1. The Balaban J connectivity index is 2.18. The van der Waals surface area contributed by atoms with Gasteiger partial charge in [-0.2, -0.15) is 0 Å². The third kappa shape index (κ3) is 2.67. The second-order valence-electron chi connectivity index (χ2n) is 5.11. The Hall–Kier alpha value is -2.09. The fraction of sp³-hybridized carbons (Fsp3) is 0.133. The summed E-state index contributed by atoms with van der Waals surface area (Å²) in [7, 11) is -3.97. The van der Waals surface area contributed by atoms with Crippen molar-refractivity contribution in [2.75, 3.05) is 5.32 Å². The van der Waals surface area contributed by atoms with Crippen LogP contribution in [0.25, 0.3) is 0 Å². The second-order valence-corrected chi connectivity index (χ2v) is 7.59. The van der Waals surface area contributed by atoms with Crippen molar-refractivity contribution in [3.05, 3.63) is 59.1 Å². The van der Waals surface area contributed by atoms with Crippen LogP contribution < -0.4 is 10.8 Å². The van der Waals surface area contributed by atoms with E-state index in [4.69, 9.17) is 16.8 Å². The van der Waals surface area contributed by atoms with Crippen molar-refractivity contribution in [3.63, 3.8) is 0 Å². The average Bonchev–Trinajstić information content (AvgIpc) is 2.54. The molecule has 2 atom stereocenters. The minimum Gasteiger partial charge on any atom is -0.375 e. The summed E-state index contributed by atoms with van der Waals surface area (Å²) in [5, 5.41) is 11.0. The number of fused-ring (bicyclic) bond motifs is 1. The van der Waals surface area contributed by atoms with E-state index in [1.165, 1.54) is 11.5 Å². The zero-order valence-electron chi connectivity index (χ0n) is 11.7. The Bertz CT molecular complexity index is 852. The van der Waals surface area contributed by atoms with Gasteiger partial charge in [0.1, 0.15) is 0 Å². The van der Waals surface area contributed by atoms with Crippen LogP contribution >= 0.6 is 11.6 Å². The molecule has 1 aliphatic rings. The van der Waals surface area contributed by atoms with Gasteiger partial charge in [-0.05, 0) is 29.8 Å². The number of hydrogen-bond acceptors (Lipinski definition) is 5. The molecule has 0 spiro atoms. The molecule has 0 saturated carbocycles. The van der Waals surface area contributed by atoms with E-state index in [2.05, 4.69) is 5.32 Å². The van der Waals surface area contributed by atoms with Crippen molar-refractivity contribution in [3.8, 4) is 0 Å². The summed E-state index contributed by atoms with van der Waals surface area (Å²) in [5.74, 6) is -0.994. The lowest BCUT2D eigenvalue weighted by Gasteiger charge is -2.33. The molecule has 0 bridgehead atoms. The molecule has 6 nitrogen and oxygen atoms in total. The molecule has 1 heterocycles. The first-order chi connectivity index (χ1) is 10.9. The van der Waals surface area contributed by atoms with Crippen molar-refractivity contribution >= 4 is 33.0 Å². The van der Waals surface area contributed by atoms with E-state index < -0.39 is 27.0 Å². The van der Waals surface area contributed by atoms with Crippen LogP contribution in [0, 0.1) is 0 Å². The van der Waals surface area contributed by atoms with E-state index in [1.54, 1.807) is 42.5 Å². The third-order valence-corrected chi connectivity index (χ3v) is 6.12. The summed E-state index contributed by atoms with van der Waals surface area (Å²) in [5.41, 5.74) is 2.43. The first-order valence-corrected chi connectivity index (χ1v) is 8.66. The molecule has 3 N–H and O–H groups in total. The van der Waals surface area contributed by atoms with E-state index in [0.29, 0.717) is 16.3 Å². The minimum absolute atomic E-state index is 0.0267. The van der Waals surface area contributed by atoms with Gasteiger partial charge in [-0.3, -0.25) is 10.0 Å². The van der Waals surface area contributed by atoms with Crippen molar-refractivity contribution in [2.45, 2.75) is 16.2 Å². The number of rotatable bonds is 2. The summed E-state index contributed by atoms with van der Waals surface area (Å²) in [6, 6.07) is 12.0. The number of carbonyl (C=O) groups excluding carboxylic acids is 1. The summed E-state index contributed by atoms with van der Waals surface area (Å²) in [4.78, 5) is 12.1. The molecule has 3 rings (SSSR count). The molecule has 1 amide bonds. The van der Waals surface area contributed by atoms with Gasteiger partial charge in [0.2, 0.25) is 0 Å². The molecule has 2 unspecified atom stereocenters. The summed E-state index contributed by atoms with van der Waals surface area (Å²) in [6.45, 7) is 0. The van der Waals surface area contributed by atoms with E-state index >= 15 is 0 Å². The SMILES string of the molecule is O=C(NO)C1C(c2ccc(Cl)cc2)Nc2ccccc2S1(=O)=O. The van der Waals surface area contributed by atoms with E-state index in [1.807, 2.05) is 0 Å². The Labute approximate surface area is 138 Å². The number of sulfone groups is 1. The highest BCUT2D eigenvalue weighted by Crippen LogP contribution is 2.39. The van der Waals surface area contributed by atoms with Crippen LogP contribution in [-0.2, 0) is 14.6 Å². The Kier molecular flexibility index (Phi) is 4.01. The molecule has 0 aliphatic carbocycles. The average molecular weight is 353 g/mol. The van der Waals surface area contributed by atoms with Gasteiger partial charge in [0.15, 0.2) is 15.1 Å². The molecule has 8 heteroatoms. The first-order valence-electron chi connectivity index (χ1n) is 6.74. The molecule has 2 aromatic rings. The number of benzene rings is 2. The van der Waals surface area contributed by atoms with Gasteiger partial charge in [-0.1, -0.05) is 35.9 Å². The standard InChI is InChI=1S/C15H13ClN2O4S/c16-10-7-5-9(6-8-10)13-14(15(19)18-20)23(21,22)12-4-2-1-3-11(12)17-13/h1-8,13-14,17,20H,(H,18,19). The summed E-state index contributed by atoms with van der Waals surface area (Å²) >= 11 is 5.86. The Morgan fingerprint density at radius 3 is 2.43 bits per heavy atom. The van der Waals surface area contributed by atoms with E-state index in [9.17, 15) is 13.2 Å². The lowest BCUT2D eigenvalue weighted by atomic mass is 10.0. The maximum Gasteiger partial charge on any atom is 0.264 e. The first kappa shape index (κ1) is 15.8. The molecular weight excluding hydrogens is 340 g/mol. The van der Waals surface area contributed by atoms with Crippen LogP contribution in [0.2, 0.25) is 5.02 Å². The number of nitrogens with one attached hydrogen (secondary N) is 2. The maximum atomic E-state index is 12.8. The van der Waals surface area contributed by atoms with Gasteiger partial charge in [-0.25, -0.2) is 13.9 Å². The van der Waals surface area contributed by atoms with Crippen LogP contribution in [0.3, 0.4) is 0 Å². The highest BCUT2D eigenvalue weighted by molar-refractivity contribution is 7.93. The maximum absolute atomic E-state index is 12.8. The topological polar surface area (TPSA) is 95.5 Å². The highest BCUT2D eigenvalue weighted by Gasteiger charge is 2.46. The molecule has 120 valence electrons. The molecule has 0 saturated heterocycles. The minimum atomic E-state index is -3.97. The van der Waals surface area contributed by atoms with Crippen LogP contribution in [0.4, 0.5) is 5.69 Å². The number of hydroxylamine groups is 1. The lowest BCUT2D eigenvalue weighted by molar-refractivity contribution is -0.129. The second kappa shape index (κ2) is 5.84. The predicted molar refractivity (Wildman–Crippen MR) is 85.2 cm³/mol. The molecule has 0 radical (unpaired) electrons. The molecule has 1 aliphatic heterocycles.